The van der Waals surface area contributed by atoms with Gasteiger partial charge in [-0.2, -0.15) is 0 Å². The number of phosphoric ester groups is 1. The molecule has 7 nitrogen and oxygen atoms in total. The maximum Gasteiger partial charge on any atom is 0.469 e. The van der Waals surface area contributed by atoms with E-state index in [-0.39, 0.29) is 12.6 Å². The lowest BCUT2D eigenvalue weighted by atomic mass is 10.0. The number of allylic oxidation sites excluding steroid dienone is 1. The predicted octanol–water partition coefficient (Wildman–Crippen LogP) is 11.9. The van der Waals surface area contributed by atoms with Gasteiger partial charge in [-0.1, -0.05) is 174 Å². The molecule has 0 rings (SSSR count). The molecule has 0 saturated carbocycles. The average molecular weight is 661 g/mol. The van der Waals surface area contributed by atoms with E-state index in [0.717, 1.165) is 32.1 Å². The summed E-state index contributed by atoms with van der Waals surface area (Å²) in [6, 6.07) is 0. The number of hydrogen-bond acceptors (Lipinski definition) is 5. The molecule has 0 aromatic carbocycles. The molecule has 1 atom stereocenters. The third-order valence-corrected chi connectivity index (χ3v) is 8.90. The number of ether oxygens (including phenoxy) is 2. The molecule has 268 valence electrons. The van der Waals surface area contributed by atoms with Gasteiger partial charge in [-0.05, 0) is 25.3 Å². The third kappa shape index (κ3) is 37.5. The minimum atomic E-state index is -4.66. The van der Waals surface area contributed by atoms with Crippen LogP contribution in [0.4, 0.5) is 0 Å². The SMILES string of the molecule is CCCCCCCCCCCCCCCCCC/C=C\OC[C@H](COP(=O)(O)O)OC(=O)CCCCCCCCCCCCC. The van der Waals surface area contributed by atoms with Crippen LogP contribution in [0.15, 0.2) is 12.3 Å². The van der Waals surface area contributed by atoms with E-state index in [4.69, 9.17) is 19.3 Å². The van der Waals surface area contributed by atoms with Crippen molar-refractivity contribution in [3.05, 3.63) is 12.3 Å². The van der Waals surface area contributed by atoms with Gasteiger partial charge in [-0.15, -0.1) is 0 Å². The number of carbonyl (C=O) groups excluding carboxylic acids is 1. The first kappa shape index (κ1) is 44.1. The number of esters is 1. The number of hydrogen-bond donors (Lipinski definition) is 2. The molecule has 0 aliphatic rings. The Kier molecular flexibility index (Phi) is 33.8. The molecule has 0 bridgehead atoms. The fourth-order valence-electron chi connectivity index (χ4n) is 5.58. The second kappa shape index (κ2) is 34.5. The molecule has 0 heterocycles. The van der Waals surface area contributed by atoms with Gasteiger partial charge in [0, 0.05) is 6.42 Å². The predicted molar refractivity (Wildman–Crippen MR) is 188 cm³/mol. The van der Waals surface area contributed by atoms with Gasteiger partial charge in [0.2, 0.25) is 0 Å². The highest BCUT2D eigenvalue weighted by Gasteiger charge is 2.21. The maximum absolute atomic E-state index is 12.3. The van der Waals surface area contributed by atoms with E-state index in [1.54, 1.807) is 6.26 Å². The van der Waals surface area contributed by atoms with Crippen LogP contribution < -0.4 is 0 Å². The van der Waals surface area contributed by atoms with Crippen molar-refractivity contribution >= 4 is 13.8 Å². The number of phosphoric acid groups is 1. The molecule has 0 aromatic heterocycles. The van der Waals surface area contributed by atoms with Crippen molar-refractivity contribution in [2.75, 3.05) is 13.2 Å². The Morgan fingerprint density at radius 3 is 1.36 bits per heavy atom. The van der Waals surface area contributed by atoms with E-state index in [9.17, 15) is 9.36 Å². The molecule has 2 N–H and O–H groups in total. The van der Waals surface area contributed by atoms with Crippen molar-refractivity contribution < 1.29 is 33.1 Å². The van der Waals surface area contributed by atoms with Crippen molar-refractivity contribution in [2.45, 2.75) is 206 Å². The lowest BCUT2D eigenvalue weighted by Crippen LogP contribution is -2.27. The minimum Gasteiger partial charge on any atom is -0.498 e. The fraction of sp³-hybridized carbons (Fsp3) is 0.919. The second-order valence-corrected chi connectivity index (χ2v) is 14.2. The van der Waals surface area contributed by atoms with E-state index in [2.05, 4.69) is 18.4 Å². The molecule has 0 aliphatic heterocycles. The summed E-state index contributed by atoms with van der Waals surface area (Å²) in [5.41, 5.74) is 0. The number of rotatable bonds is 36. The minimum absolute atomic E-state index is 0.000541. The largest absolute Gasteiger partial charge is 0.498 e. The van der Waals surface area contributed by atoms with Crippen LogP contribution in [-0.2, 0) is 23.4 Å². The van der Waals surface area contributed by atoms with E-state index < -0.39 is 20.5 Å². The summed E-state index contributed by atoms with van der Waals surface area (Å²) >= 11 is 0. The first-order chi connectivity index (χ1) is 21.9. The van der Waals surface area contributed by atoms with Crippen molar-refractivity contribution in [3.63, 3.8) is 0 Å². The molecule has 0 saturated heterocycles. The first-order valence-electron chi connectivity index (χ1n) is 19.0. The Hall–Kier alpha value is -0.880. The van der Waals surface area contributed by atoms with Crippen molar-refractivity contribution in [1.82, 2.24) is 0 Å². The van der Waals surface area contributed by atoms with Gasteiger partial charge in [0.1, 0.15) is 6.61 Å². The Morgan fingerprint density at radius 1 is 0.578 bits per heavy atom. The van der Waals surface area contributed by atoms with Gasteiger partial charge in [-0.25, -0.2) is 4.57 Å². The quantitative estimate of drug-likeness (QED) is 0.0298. The summed E-state index contributed by atoms with van der Waals surface area (Å²) in [4.78, 5) is 30.4. The molecule has 0 aliphatic carbocycles. The molecule has 0 radical (unpaired) electrons. The van der Waals surface area contributed by atoms with Crippen LogP contribution in [0.5, 0.6) is 0 Å². The van der Waals surface area contributed by atoms with Crippen LogP contribution >= 0.6 is 7.82 Å². The summed E-state index contributed by atoms with van der Waals surface area (Å²) in [5.74, 6) is -0.383. The van der Waals surface area contributed by atoms with E-state index >= 15 is 0 Å². The first-order valence-corrected chi connectivity index (χ1v) is 20.6. The molecule has 0 aromatic rings. The molecule has 0 unspecified atom stereocenters. The summed E-state index contributed by atoms with van der Waals surface area (Å²) in [6.07, 6.45) is 38.7. The molecule has 0 spiro atoms. The lowest BCUT2D eigenvalue weighted by Gasteiger charge is -2.18. The topological polar surface area (TPSA) is 102 Å². The van der Waals surface area contributed by atoms with Crippen LogP contribution in [-0.4, -0.2) is 35.1 Å². The zero-order valence-corrected chi connectivity index (χ0v) is 30.4. The second-order valence-electron chi connectivity index (χ2n) is 13.0. The molecule has 0 fully saturated rings. The van der Waals surface area contributed by atoms with Crippen LogP contribution in [0.1, 0.15) is 200 Å². The molecular weight excluding hydrogens is 587 g/mol. The lowest BCUT2D eigenvalue weighted by molar-refractivity contribution is -0.153. The maximum atomic E-state index is 12.3. The van der Waals surface area contributed by atoms with Crippen LogP contribution in [0.3, 0.4) is 0 Å². The van der Waals surface area contributed by atoms with E-state index in [1.807, 2.05) is 6.08 Å². The van der Waals surface area contributed by atoms with Gasteiger partial charge < -0.3 is 19.3 Å². The standard InChI is InChI=1S/C37H73O7P/c1-3-5-7-9-11-13-15-16-17-18-19-20-21-23-25-27-29-31-33-42-34-36(35-43-45(39,40)41)44-37(38)32-30-28-26-24-22-14-12-10-8-6-4-2/h31,33,36H,3-30,32,34-35H2,1-2H3,(H2,39,40,41)/b33-31-/t36-/m1/s1. The van der Waals surface area contributed by atoms with Gasteiger partial charge in [0.25, 0.3) is 0 Å². The highest BCUT2D eigenvalue weighted by Crippen LogP contribution is 2.36. The van der Waals surface area contributed by atoms with E-state index in [0.29, 0.717) is 6.42 Å². The Labute approximate surface area is 278 Å². The summed E-state index contributed by atoms with van der Waals surface area (Å²) < 4.78 is 26.6. The zero-order valence-electron chi connectivity index (χ0n) is 29.5. The van der Waals surface area contributed by atoms with Crippen molar-refractivity contribution in [3.8, 4) is 0 Å². The molecular formula is C37H73O7P. The van der Waals surface area contributed by atoms with Crippen LogP contribution in [0.2, 0.25) is 0 Å². The molecule has 0 amide bonds. The monoisotopic (exact) mass is 661 g/mol. The Morgan fingerprint density at radius 2 is 0.956 bits per heavy atom. The normalized spacial score (nSPS) is 12.6. The smallest absolute Gasteiger partial charge is 0.469 e. The zero-order chi connectivity index (χ0) is 33.1. The summed E-state index contributed by atoms with van der Waals surface area (Å²) in [5, 5.41) is 0. The number of carbonyl (C=O) groups is 1. The Balaban J connectivity index is 3.81. The van der Waals surface area contributed by atoms with Gasteiger partial charge in [0.15, 0.2) is 6.10 Å². The summed E-state index contributed by atoms with van der Waals surface area (Å²) in [6.45, 7) is 4.11. The van der Waals surface area contributed by atoms with Crippen LogP contribution in [0.25, 0.3) is 0 Å². The van der Waals surface area contributed by atoms with Crippen molar-refractivity contribution in [2.24, 2.45) is 0 Å². The molecule has 45 heavy (non-hydrogen) atoms. The summed E-state index contributed by atoms with van der Waals surface area (Å²) in [7, 11) is -4.66. The fourth-order valence-corrected chi connectivity index (χ4v) is 5.94. The highest BCUT2D eigenvalue weighted by molar-refractivity contribution is 7.46. The van der Waals surface area contributed by atoms with Gasteiger partial charge in [0.05, 0.1) is 12.9 Å². The third-order valence-electron chi connectivity index (χ3n) is 8.41. The van der Waals surface area contributed by atoms with Gasteiger partial charge >= 0.3 is 13.8 Å². The van der Waals surface area contributed by atoms with E-state index in [1.165, 1.54) is 148 Å². The molecule has 8 heteroatoms. The van der Waals surface area contributed by atoms with Crippen LogP contribution in [0, 0.1) is 0 Å². The Bertz CT molecular complexity index is 694. The number of unbranched alkanes of at least 4 members (excludes halogenated alkanes) is 26. The van der Waals surface area contributed by atoms with Gasteiger partial charge in [-0.3, -0.25) is 9.32 Å². The highest BCUT2D eigenvalue weighted by atomic mass is 31.2. The average Bonchev–Trinajstić information content (AvgIpc) is 3.01. The van der Waals surface area contributed by atoms with Crippen molar-refractivity contribution in [1.29, 1.82) is 0 Å².